The molecule has 0 aliphatic heterocycles. The fraction of sp³-hybridized carbons (Fsp3) is 1.00. The summed E-state index contributed by atoms with van der Waals surface area (Å²) >= 11 is 0. The van der Waals surface area contributed by atoms with Crippen molar-refractivity contribution in [2.75, 3.05) is 34.0 Å². The van der Waals surface area contributed by atoms with Crippen LogP contribution in [0.1, 0.15) is 6.42 Å². The molecule has 3 N–H and O–H groups in total. The van der Waals surface area contributed by atoms with Crippen LogP contribution in [-0.4, -0.2) is 47.9 Å². The summed E-state index contributed by atoms with van der Waals surface area (Å²) in [6.07, 6.45) is 0.771. The van der Waals surface area contributed by atoms with Gasteiger partial charge in [-0.3, -0.25) is 0 Å². The molecular weight excluding hydrogens is 190 g/mol. The van der Waals surface area contributed by atoms with Gasteiger partial charge in [-0.25, -0.2) is 0 Å². The Morgan fingerprint density at radius 2 is 1.92 bits per heavy atom. The Morgan fingerprint density at radius 3 is 2.31 bits per heavy atom. The fourth-order valence-electron chi connectivity index (χ4n) is 0.925. The average molecular weight is 209 g/mol. The first-order valence-corrected chi connectivity index (χ1v) is 6.23. The van der Waals surface area contributed by atoms with Crippen LogP contribution in [0.4, 0.5) is 0 Å². The summed E-state index contributed by atoms with van der Waals surface area (Å²) in [7, 11) is 0.485. The Labute approximate surface area is 80.2 Å². The monoisotopic (exact) mass is 209 g/mol. The van der Waals surface area contributed by atoms with Crippen molar-refractivity contribution in [3.05, 3.63) is 0 Å². The summed E-state index contributed by atoms with van der Waals surface area (Å²) in [4.78, 5) is 0. The standard InChI is InChI=1S/C7H19NO4Si/c1-10-13(11-2,7-5-9)12-6-3-4-8/h9H,3-8H2,1-2H3. The summed E-state index contributed by atoms with van der Waals surface area (Å²) in [6.45, 7) is 1.11. The summed E-state index contributed by atoms with van der Waals surface area (Å²) in [5.41, 5.74) is 5.32. The van der Waals surface area contributed by atoms with Crippen molar-refractivity contribution in [1.82, 2.24) is 0 Å². The maximum Gasteiger partial charge on any atom is 0.502 e. The number of hydrogen-bond donors (Lipinski definition) is 2. The molecule has 0 bridgehead atoms. The molecule has 0 amide bonds. The van der Waals surface area contributed by atoms with E-state index in [1.54, 1.807) is 0 Å². The zero-order valence-electron chi connectivity index (χ0n) is 8.28. The second-order valence-electron chi connectivity index (χ2n) is 2.56. The lowest BCUT2D eigenvalue weighted by molar-refractivity contribution is 0.0918. The second kappa shape index (κ2) is 7.42. The maximum absolute atomic E-state index is 8.79. The van der Waals surface area contributed by atoms with Crippen molar-refractivity contribution < 1.29 is 18.4 Å². The molecule has 0 fully saturated rings. The van der Waals surface area contributed by atoms with E-state index in [0.29, 0.717) is 19.2 Å². The molecule has 0 saturated heterocycles. The van der Waals surface area contributed by atoms with Gasteiger partial charge in [-0.15, -0.1) is 0 Å². The van der Waals surface area contributed by atoms with E-state index in [4.69, 9.17) is 24.1 Å². The quantitative estimate of drug-likeness (QED) is 0.419. The fourth-order valence-corrected chi connectivity index (χ4v) is 2.61. The second-order valence-corrected chi connectivity index (χ2v) is 5.53. The number of rotatable bonds is 8. The van der Waals surface area contributed by atoms with E-state index >= 15 is 0 Å². The molecule has 6 heteroatoms. The van der Waals surface area contributed by atoms with Crippen LogP contribution >= 0.6 is 0 Å². The van der Waals surface area contributed by atoms with E-state index in [9.17, 15) is 0 Å². The van der Waals surface area contributed by atoms with Crippen molar-refractivity contribution in [1.29, 1.82) is 0 Å². The zero-order chi connectivity index (χ0) is 10.2. The Bertz CT molecular complexity index is 121. The number of nitrogens with two attached hydrogens (primary N) is 1. The molecule has 80 valence electrons. The molecule has 0 aromatic carbocycles. The molecule has 13 heavy (non-hydrogen) atoms. The van der Waals surface area contributed by atoms with Crippen molar-refractivity contribution in [3.8, 4) is 0 Å². The predicted molar refractivity (Wildman–Crippen MR) is 51.3 cm³/mol. The highest BCUT2D eigenvalue weighted by Gasteiger charge is 2.38. The first-order valence-electron chi connectivity index (χ1n) is 4.30. The van der Waals surface area contributed by atoms with Gasteiger partial charge in [-0.05, 0) is 13.0 Å². The molecule has 0 rings (SSSR count). The van der Waals surface area contributed by atoms with Crippen LogP contribution in [0.5, 0.6) is 0 Å². The average Bonchev–Trinajstić information content (AvgIpc) is 2.17. The van der Waals surface area contributed by atoms with E-state index in [1.165, 1.54) is 14.2 Å². The van der Waals surface area contributed by atoms with E-state index in [-0.39, 0.29) is 6.61 Å². The lowest BCUT2D eigenvalue weighted by atomic mass is 10.5. The lowest BCUT2D eigenvalue weighted by Gasteiger charge is -2.25. The molecule has 0 heterocycles. The van der Waals surface area contributed by atoms with Gasteiger partial charge in [0.15, 0.2) is 0 Å². The SMILES string of the molecule is CO[Si](CCO)(OC)OCCCN. The Kier molecular flexibility index (Phi) is 7.43. The summed E-state index contributed by atoms with van der Waals surface area (Å²) in [6, 6.07) is 0.421. The lowest BCUT2D eigenvalue weighted by Crippen LogP contribution is -2.45. The van der Waals surface area contributed by atoms with Gasteiger partial charge in [0.1, 0.15) is 0 Å². The normalized spacial score (nSPS) is 12.0. The van der Waals surface area contributed by atoms with Crippen LogP contribution < -0.4 is 5.73 Å². The molecule has 5 nitrogen and oxygen atoms in total. The third kappa shape index (κ3) is 4.70. The number of aliphatic hydroxyl groups excluding tert-OH is 1. The van der Waals surface area contributed by atoms with Gasteiger partial charge in [-0.1, -0.05) is 0 Å². The van der Waals surface area contributed by atoms with Crippen molar-refractivity contribution in [2.45, 2.75) is 12.5 Å². The Morgan fingerprint density at radius 1 is 1.31 bits per heavy atom. The molecule has 0 aromatic heterocycles. The Hall–Kier alpha value is 0.0169. The minimum Gasteiger partial charge on any atom is -0.396 e. The smallest absolute Gasteiger partial charge is 0.396 e. The highest BCUT2D eigenvalue weighted by Crippen LogP contribution is 2.12. The largest absolute Gasteiger partial charge is 0.502 e. The highest BCUT2D eigenvalue weighted by molar-refractivity contribution is 6.60. The molecule has 0 aliphatic rings. The van der Waals surface area contributed by atoms with Crippen LogP contribution in [0.2, 0.25) is 6.04 Å². The first-order chi connectivity index (χ1) is 6.24. The molecule has 0 radical (unpaired) electrons. The number of hydrogen-bond acceptors (Lipinski definition) is 5. The summed E-state index contributed by atoms with van der Waals surface area (Å²) < 4.78 is 15.8. The van der Waals surface area contributed by atoms with Gasteiger partial charge < -0.3 is 24.1 Å². The third-order valence-electron chi connectivity index (χ3n) is 1.71. The highest BCUT2D eigenvalue weighted by atomic mass is 28.4. The molecule has 0 aromatic rings. The topological polar surface area (TPSA) is 73.9 Å². The minimum atomic E-state index is -2.59. The maximum atomic E-state index is 8.79. The van der Waals surface area contributed by atoms with E-state index in [0.717, 1.165) is 6.42 Å². The molecule has 0 saturated carbocycles. The van der Waals surface area contributed by atoms with Crippen molar-refractivity contribution in [2.24, 2.45) is 5.73 Å². The molecule has 0 aliphatic carbocycles. The van der Waals surface area contributed by atoms with Gasteiger partial charge in [0.05, 0.1) is 0 Å². The zero-order valence-corrected chi connectivity index (χ0v) is 9.28. The number of aliphatic hydroxyl groups is 1. The van der Waals surface area contributed by atoms with E-state index in [1.807, 2.05) is 0 Å². The minimum absolute atomic E-state index is 0.0104. The van der Waals surface area contributed by atoms with E-state index in [2.05, 4.69) is 0 Å². The molecule has 0 atom stereocenters. The van der Waals surface area contributed by atoms with Gasteiger partial charge in [0.2, 0.25) is 0 Å². The molecule has 0 spiro atoms. The van der Waals surface area contributed by atoms with Crippen LogP contribution in [0.3, 0.4) is 0 Å². The van der Waals surface area contributed by atoms with Gasteiger partial charge in [0, 0.05) is 33.5 Å². The Balaban J connectivity index is 3.89. The van der Waals surface area contributed by atoms with Crippen molar-refractivity contribution in [3.63, 3.8) is 0 Å². The van der Waals surface area contributed by atoms with E-state index < -0.39 is 8.80 Å². The van der Waals surface area contributed by atoms with Crippen LogP contribution in [0.25, 0.3) is 0 Å². The van der Waals surface area contributed by atoms with Gasteiger partial charge in [-0.2, -0.15) is 0 Å². The van der Waals surface area contributed by atoms with Gasteiger partial charge in [0.25, 0.3) is 0 Å². The van der Waals surface area contributed by atoms with Crippen LogP contribution in [-0.2, 0) is 13.3 Å². The molecule has 0 unspecified atom stereocenters. The van der Waals surface area contributed by atoms with Crippen molar-refractivity contribution >= 4 is 8.80 Å². The van der Waals surface area contributed by atoms with Gasteiger partial charge >= 0.3 is 8.80 Å². The predicted octanol–water partition coefficient (Wildman–Crippen LogP) is -0.424. The summed E-state index contributed by atoms with van der Waals surface area (Å²) in [5, 5.41) is 8.79. The first kappa shape index (κ1) is 13.0. The molecular formula is C7H19NO4Si. The van der Waals surface area contributed by atoms with Crippen LogP contribution in [0, 0.1) is 0 Å². The summed E-state index contributed by atoms with van der Waals surface area (Å²) in [5.74, 6) is 0. The third-order valence-corrected chi connectivity index (χ3v) is 4.43. The van der Waals surface area contributed by atoms with Crippen LogP contribution in [0.15, 0.2) is 0 Å².